The van der Waals surface area contributed by atoms with Crippen LogP contribution < -0.4 is 5.48 Å². The normalized spacial score (nSPS) is 14.5. The molecule has 0 radical (unpaired) electrons. The third-order valence-corrected chi connectivity index (χ3v) is 8.82. The maximum atomic E-state index is 13.6. The summed E-state index contributed by atoms with van der Waals surface area (Å²) >= 11 is 0. The average molecular weight is 573 g/mol. The number of halogens is 1. The molecule has 1 atom stereocenters. The first-order chi connectivity index (χ1) is 20.4. The predicted molar refractivity (Wildman–Crippen MR) is 167 cm³/mol. The molecular weight excluding hydrogens is 527 g/mol. The SMILES string of the molecule is CCCCCCC1(CCCCCC)c2cc(C(=O)c3ccc(F)cc3)ccc2-c2ccc(/C(CC(C)NO)=N/O)cc21. The third kappa shape index (κ3) is 6.82. The van der Waals surface area contributed by atoms with Gasteiger partial charge in [-0.05, 0) is 84.0 Å². The molecule has 0 amide bonds. The van der Waals surface area contributed by atoms with Gasteiger partial charge in [0, 0.05) is 29.0 Å². The number of oxime groups is 1. The first-order valence-corrected chi connectivity index (χ1v) is 15.6. The van der Waals surface area contributed by atoms with Crippen LogP contribution in [0.1, 0.15) is 124 Å². The Bertz CT molecular complexity index is 1370. The highest BCUT2D eigenvalue weighted by Gasteiger charge is 2.43. The second-order valence-corrected chi connectivity index (χ2v) is 11.8. The lowest BCUT2D eigenvalue weighted by Gasteiger charge is -2.33. The van der Waals surface area contributed by atoms with E-state index in [0.717, 1.165) is 68.1 Å². The largest absolute Gasteiger partial charge is 0.411 e. The summed E-state index contributed by atoms with van der Waals surface area (Å²) in [5.74, 6) is -0.472. The molecule has 1 unspecified atom stereocenters. The number of carbonyl (C=O) groups excluding carboxylic acids is 1. The molecule has 0 spiro atoms. The fourth-order valence-corrected chi connectivity index (χ4v) is 6.51. The highest BCUT2D eigenvalue weighted by Crippen LogP contribution is 2.55. The zero-order chi connectivity index (χ0) is 30.1. The lowest BCUT2D eigenvalue weighted by molar-refractivity contribution is 0.103. The van der Waals surface area contributed by atoms with Gasteiger partial charge in [0.05, 0.1) is 5.71 Å². The summed E-state index contributed by atoms with van der Waals surface area (Å²) < 4.78 is 13.6. The lowest BCUT2D eigenvalue weighted by Crippen LogP contribution is -2.27. The van der Waals surface area contributed by atoms with E-state index in [4.69, 9.17) is 0 Å². The van der Waals surface area contributed by atoms with Gasteiger partial charge in [0.15, 0.2) is 5.78 Å². The highest BCUT2D eigenvalue weighted by molar-refractivity contribution is 6.09. The van der Waals surface area contributed by atoms with Crippen LogP contribution in [-0.2, 0) is 5.41 Å². The smallest absolute Gasteiger partial charge is 0.193 e. The van der Waals surface area contributed by atoms with Gasteiger partial charge in [-0.1, -0.05) is 94.6 Å². The molecule has 0 heterocycles. The molecule has 1 aliphatic rings. The van der Waals surface area contributed by atoms with Crippen LogP contribution >= 0.6 is 0 Å². The monoisotopic (exact) mass is 572 g/mol. The van der Waals surface area contributed by atoms with Crippen LogP contribution in [0.15, 0.2) is 65.8 Å². The molecule has 6 heteroatoms. The molecule has 0 aromatic heterocycles. The van der Waals surface area contributed by atoms with Crippen LogP contribution in [0.2, 0.25) is 0 Å². The topological polar surface area (TPSA) is 81.9 Å². The predicted octanol–water partition coefficient (Wildman–Crippen LogP) is 9.20. The molecule has 42 heavy (non-hydrogen) atoms. The fourth-order valence-electron chi connectivity index (χ4n) is 6.51. The number of hydrogen-bond donors (Lipinski definition) is 3. The van der Waals surface area contributed by atoms with E-state index in [1.807, 2.05) is 19.1 Å². The van der Waals surface area contributed by atoms with E-state index in [9.17, 15) is 19.6 Å². The zero-order valence-electron chi connectivity index (χ0n) is 25.3. The number of hydrogen-bond acceptors (Lipinski definition) is 5. The van der Waals surface area contributed by atoms with Crippen LogP contribution in [-0.4, -0.2) is 28.0 Å². The van der Waals surface area contributed by atoms with Gasteiger partial charge in [0.2, 0.25) is 0 Å². The minimum Gasteiger partial charge on any atom is -0.411 e. The van der Waals surface area contributed by atoms with E-state index >= 15 is 0 Å². The molecule has 0 bridgehead atoms. The molecule has 224 valence electrons. The minimum absolute atomic E-state index is 0.111. The van der Waals surface area contributed by atoms with Crippen LogP contribution in [0.4, 0.5) is 4.39 Å². The summed E-state index contributed by atoms with van der Waals surface area (Å²) in [6.45, 7) is 6.27. The summed E-state index contributed by atoms with van der Waals surface area (Å²) in [5.41, 5.74) is 9.12. The van der Waals surface area contributed by atoms with Crippen LogP contribution in [0.3, 0.4) is 0 Å². The van der Waals surface area contributed by atoms with E-state index < -0.39 is 0 Å². The van der Waals surface area contributed by atoms with Gasteiger partial charge in [-0.2, -0.15) is 0 Å². The fraction of sp³-hybridized carbons (Fsp3) is 0.444. The third-order valence-electron chi connectivity index (χ3n) is 8.82. The second kappa shape index (κ2) is 14.7. The molecule has 3 N–H and O–H groups in total. The maximum absolute atomic E-state index is 13.6. The Morgan fingerprint density at radius 2 is 1.33 bits per heavy atom. The number of nitrogens with one attached hydrogen (secondary N) is 1. The Balaban J connectivity index is 1.85. The Morgan fingerprint density at radius 1 is 0.810 bits per heavy atom. The van der Waals surface area contributed by atoms with E-state index in [1.54, 1.807) is 12.1 Å². The van der Waals surface area contributed by atoms with Crippen molar-refractivity contribution in [3.05, 3.63) is 94.3 Å². The molecule has 1 aliphatic carbocycles. The number of benzene rings is 3. The summed E-state index contributed by atoms with van der Waals surface area (Å²) in [5, 5.41) is 22.9. The summed E-state index contributed by atoms with van der Waals surface area (Å²) in [7, 11) is 0. The summed E-state index contributed by atoms with van der Waals surface area (Å²) in [4.78, 5) is 13.6. The van der Waals surface area contributed by atoms with E-state index in [1.165, 1.54) is 36.1 Å². The Morgan fingerprint density at radius 3 is 1.86 bits per heavy atom. The number of ketones is 1. The van der Waals surface area contributed by atoms with Crippen molar-refractivity contribution in [2.24, 2.45) is 5.16 Å². The van der Waals surface area contributed by atoms with Crippen molar-refractivity contribution in [2.75, 3.05) is 0 Å². The first kappa shape index (κ1) is 31.6. The minimum atomic E-state index is -0.361. The first-order valence-electron chi connectivity index (χ1n) is 15.6. The van der Waals surface area contributed by atoms with E-state index in [2.05, 4.69) is 48.7 Å². The van der Waals surface area contributed by atoms with Crippen molar-refractivity contribution >= 4 is 11.5 Å². The molecule has 4 rings (SSSR count). The lowest BCUT2D eigenvalue weighted by atomic mass is 9.70. The van der Waals surface area contributed by atoms with E-state index in [0.29, 0.717) is 23.3 Å². The van der Waals surface area contributed by atoms with Gasteiger partial charge >= 0.3 is 0 Å². The summed E-state index contributed by atoms with van der Waals surface area (Å²) in [6.07, 6.45) is 11.4. The summed E-state index contributed by atoms with van der Waals surface area (Å²) in [6, 6.07) is 17.8. The van der Waals surface area contributed by atoms with Gasteiger partial charge in [-0.25, -0.2) is 9.87 Å². The van der Waals surface area contributed by atoms with Crippen molar-refractivity contribution in [3.8, 4) is 11.1 Å². The molecule has 0 aliphatic heterocycles. The molecule has 3 aromatic carbocycles. The number of nitrogens with zero attached hydrogens (tertiary/aromatic N) is 1. The molecule has 3 aromatic rings. The number of unbranched alkanes of at least 4 members (excludes halogenated alkanes) is 6. The second-order valence-electron chi connectivity index (χ2n) is 11.8. The number of fused-ring (bicyclic) bond motifs is 3. The van der Waals surface area contributed by atoms with Crippen molar-refractivity contribution in [1.82, 2.24) is 5.48 Å². The molecule has 0 saturated heterocycles. The zero-order valence-corrected chi connectivity index (χ0v) is 25.3. The molecule has 0 fully saturated rings. The number of rotatable bonds is 16. The van der Waals surface area contributed by atoms with Crippen molar-refractivity contribution in [1.29, 1.82) is 0 Å². The number of hydroxylamine groups is 1. The Kier molecular flexibility index (Phi) is 11.1. The Labute approximate surface area is 249 Å². The van der Waals surface area contributed by atoms with E-state index in [-0.39, 0.29) is 23.1 Å². The molecular formula is C36H45FN2O3. The quantitative estimate of drug-likeness (QED) is 0.0525. The standard InChI is InChI=1S/C36H45FN2O3/c1-4-6-8-10-20-36(21-11-9-7-5-2)32-23-27(34(39-42)22-25(3)38-41)14-18-30(32)31-19-15-28(24-33(31)36)35(40)26-12-16-29(37)17-13-26/h12-19,23-25,38,41-42H,4-11,20-22H2,1-3H3/b39-34+. The van der Waals surface area contributed by atoms with Gasteiger partial charge in [0.1, 0.15) is 5.82 Å². The van der Waals surface area contributed by atoms with Gasteiger partial charge in [-0.3, -0.25) is 4.79 Å². The number of carbonyl (C=O) groups is 1. The maximum Gasteiger partial charge on any atom is 0.193 e. The van der Waals surface area contributed by atoms with Gasteiger partial charge < -0.3 is 10.4 Å². The molecule has 5 nitrogen and oxygen atoms in total. The van der Waals surface area contributed by atoms with Crippen LogP contribution in [0.5, 0.6) is 0 Å². The molecule has 0 saturated carbocycles. The van der Waals surface area contributed by atoms with Gasteiger partial charge in [-0.15, -0.1) is 0 Å². The van der Waals surface area contributed by atoms with Crippen molar-refractivity contribution < 1.29 is 19.6 Å². The Hall–Kier alpha value is -3.35. The van der Waals surface area contributed by atoms with Crippen molar-refractivity contribution in [3.63, 3.8) is 0 Å². The van der Waals surface area contributed by atoms with Crippen molar-refractivity contribution in [2.45, 2.75) is 103 Å². The average Bonchev–Trinajstić information content (AvgIpc) is 3.28. The van der Waals surface area contributed by atoms with Crippen LogP contribution in [0.25, 0.3) is 11.1 Å². The highest BCUT2D eigenvalue weighted by atomic mass is 19.1. The van der Waals surface area contributed by atoms with Crippen LogP contribution in [0, 0.1) is 5.82 Å². The van der Waals surface area contributed by atoms with Gasteiger partial charge in [0.25, 0.3) is 0 Å².